The maximum atomic E-state index is 6.21. The van der Waals surface area contributed by atoms with E-state index in [0.717, 1.165) is 22.1 Å². The highest BCUT2D eigenvalue weighted by molar-refractivity contribution is 7.98. The van der Waals surface area contributed by atoms with Crippen LogP contribution in [0.2, 0.25) is 5.02 Å². The molecule has 2 rings (SSSR count). The predicted octanol–water partition coefficient (Wildman–Crippen LogP) is 3.72. The Morgan fingerprint density at radius 3 is 2.83 bits per heavy atom. The van der Waals surface area contributed by atoms with E-state index in [1.165, 1.54) is 4.90 Å². The third-order valence-corrected chi connectivity index (χ3v) is 4.01. The molecule has 18 heavy (non-hydrogen) atoms. The molecule has 0 aliphatic heterocycles. The summed E-state index contributed by atoms with van der Waals surface area (Å²) in [5.74, 6) is 0. The van der Waals surface area contributed by atoms with E-state index in [2.05, 4.69) is 34.9 Å². The summed E-state index contributed by atoms with van der Waals surface area (Å²) in [5, 5.41) is 8.41. The molecule has 0 saturated heterocycles. The molecule has 0 saturated carbocycles. The molecule has 0 spiro atoms. The Morgan fingerprint density at radius 1 is 1.44 bits per heavy atom. The van der Waals surface area contributed by atoms with Crippen LogP contribution in [0.1, 0.15) is 11.4 Å². The van der Waals surface area contributed by atoms with E-state index in [-0.39, 0.29) is 0 Å². The SMILES string of the molecule is CSc1cccc(NCc2c(Cl)c(C)nn2C)c1. The summed E-state index contributed by atoms with van der Waals surface area (Å²) in [6, 6.07) is 8.32. The topological polar surface area (TPSA) is 29.9 Å². The van der Waals surface area contributed by atoms with Crippen LogP contribution in [-0.4, -0.2) is 16.0 Å². The molecule has 1 N–H and O–H groups in total. The van der Waals surface area contributed by atoms with Gasteiger partial charge in [-0.25, -0.2) is 0 Å². The Labute approximate surface area is 117 Å². The number of hydrogen-bond donors (Lipinski definition) is 1. The maximum Gasteiger partial charge on any atom is 0.0865 e. The maximum absolute atomic E-state index is 6.21. The van der Waals surface area contributed by atoms with Gasteiger partial charge in [-0.3, -0.25) is 4.68 Å². The van der Waals surface area contributed by atoms with Gasteiger partial charge in [-0.1, -0.05) is 17.7 Å². The summed E-state index contributed by atoms with van der Waals surface area (Å²) < 4.78 is 1.82. The molecule has 0 amide bonds. The quantitative estimate of drug-likeness (QED) is 0.867. The van der Waals surface area contributed by atoms with E-state index in [0.29, 0.717) is 6.54 Å². The Balaban J connectivity index is 2.11. The predicted molar refractivity (Wildman–Crippen MR) is 78.5 cm³/mol. The number of anilines is 1. The monoisotopic (exact) mass is 281 g/mol. The van der Waals surface area contributed by atoms with Crippen molar-refractivity contribution in [2.24, 2.45) is 7.05 Å². The van der Waals surface area contributed by atoms with Gasteiger partial charge in [0.1, 0.15) is 0 Å². The molecule has 0 aliphatic carbocycles. The number of nitrogens with one attached hydrogen (secondary N) is 1. The van der Waals surface area contributed by atoms with E-state index in [4.69, 9.17) is 11.6 Å². The minimum Gasteiger partial charge on any atom is -0.379 e. The molecule has 5 heteroatoms. The van der Waals surface area contributed by atoms with Crippen LogP contribution in [0.15, 0.2) is 29.2 Å². The van der Waals surface area contributed by atoms with Gasteiger partial charge in [0.15, 0.2) is 0 Å². The molecule has 1 aromatic carbocycles. The molecule has 2 aromatic rings. The summed E-state index contributed by atoms with van der Waals surface area (Å²) in [6.07, 6.45) is 2.07. The number of aryl methyl sites for hydroxylation is 2. The minimum absolute atomic E-state index is 0.675. The van der Waals surface area contributed by atoms with Crippen molar-refractivity contribution < 1.29 is 0 Å². The highest BCUT2D eigenvalue weighted by atomic mass is 35.5. The third-order valence-electron chi connectivity index (χ3n) is 2.79. The van der Waals surface area contributed by atoms with Crippen molar-refractivity contribution in [2.75, 3.05) is 11.6 Å². The second kappa shape index (κ2) is 5.67. The Morgan fingerprint density at radius 2 is 2.22 bits per heavy atom. The number of benzene rings is 1. The third kappa shape index (κ3) is 2.82. The van der Waals surface area contributed by atoms with Gasteiger partial charge in [-0.15, -0.1) is 11.8 Å². The molecule has 0 fully saturated rings. The van der Waals surface area contributed by atoms with Crippen LogP contribution in [0, 0.1) is 6.92 Å². The number of hydrogen-bond acceptors (Lipinski definition) is 3. The summed E-state index contributed by atoms with van der Waals surface area (Å²) in [4.78, 5) is 1.24. The highest BCUT2D eigenvalue weighted by Gasteiger charge is 2.10. The first-order valence-electron chi connectivity index (χ1n) is 5.67. The normalized spacial score (nSPS) is 10.7. The van der Waals surface area contributed by atoms with Crippen molar-refractivity contribution in [3.63, 3.8) is 0 Å². The molecule has 3 nitrogen and oxygen atoms in total. The average Bonchev–Trinajstić information content (AvgIpc) is 2.61. The van der Waals surface area contributed by atoms with Gasteiger partial charge in [-0.05, 0) is 31.4 Å². The molecule has 0 radical (unpaired) electrons. The molecular weight excluding hydrogens is 266 g/mol. The standard InChI is InChI=1S/C13H16ClN3S/c1-9-13(14)12(17(2)16-9)8-15-10-5-4-6-11(7-10)18-3/h4-7,15H,8H2,1-3H3. The van der Waals surface area contributed by atoms with E-state index >= 15 is 0 Å². The lowest BCUT2D eigenvalue weighted by Crippen LogP contribution is -2.05. The fourth-order valence-electron chi connectivity index (χ4n) is 1.79. The van der Waals surface area contributed by atoms with Crippen LogP contribution >= 0.6 is 23.4 Å². The van der Waals surface area contributed by atoms with Gasteiger partial charge in [0.25, 0.3) is 0 Å². The smallest absolute Gasteiger partial charge is 0.0865 e. The zero-order chi connectivity index (χ0) is 13.1. The average molecular weight is 282 g/mol. The number of halogens is 1. The molecule has 96 valence electrons. The number of rotatable bonds is 4. The number of thioether (sulfide) groups is 1. The van der Waals surface area contributed by atoms with Crippen LogP contribution in [-0.2, 0) is 13.6 Å². The van der Waals surface area contributed by atoms with E-state index < -0.39 is 0 Å². The molecule has 0 aliphatic rings. The van der Waals surface area contributed by atoms with Gasteiger partial charge in [-0.2, -0.15) is 5.10 Å². The molecule has 1 aromatic heterocycles. The summed E-state index contributed by atoms with van der Waals surface area (Å²) >= 11 is 7.94. The van der Waals surface area contributed by atoms with Crippen molar-refractivity contribution in [1.82, 2.24) is 9.78 Å². The van der Waals surface area contributed by atoms with Crippen LogP contribution in [0.25, 0.3) is 0 Å². The first-order chi connectivity index (χ1) is 8.61. The molecule has 1 heterocycles. The molecular formula is C13H16ClN3S. The minimum atomic E-state index is 0.675. The van der Waals surface area contributed by atoms with Crippen molar-refractivity contribution in [3.8, 4) is 0 Å². The molecule has 0 bridgehead atoms. The van der Waals surface area contributed by atoms with Crippen molar-refractivity contribution >= 4 is 29.1 Å². The number of aromatic nitrogens is 2. The largest absolute Gasteiger partial charge is 0.379 e. The molecule has 0 atom stereocenters. The van der Waals surface area contributed by atoms with Crippen molar-refractivity contribution in [3.05, 3.63) is 40.7 Å². The van der Waals surface area contributed by atoms with Gasteiger partial charge in [0.2, 0.25) is 0 Å². The lowest BCUT2D eigenvalue weighted by atomic mass is 10.3. The Kier molecular flexibility index (Phi) is 4.19. The Bertz CT molecular complexity index is 551. The van der Waals surface area contributed by atoms with Gasteiger partial charge in [0.05, 0.1) is 23.0 Å². The lowest BCUT2D eigenvalue weighted by molar-refractivity contribution is 0.713. The van der Waals surface area contributed by atoms with Crippen LogP contribution in [0.5, 0.6) is 0 Å². The first-order valence-corrected chi connectivity index (χ1v) is 7.28. The van der Waals surface area contributed by atoms with Gasteiger partial charge >= 0.3 is 0 Å². The van der Waals surface area contributed by atoms with Crippen molar-refractivity contribution in [1.29, 1.82) is 0 Å². The fourth-order valence-corrected chi connectivity index (χ4v) is 2.48. The first kappa shape index (κ1) is 13.3. The summed E-state index contributed by atoms with van der Waals surface area (Å²) in [5.41, 5.74) is 2.97. The zero-order valence-electron chi connectivity index (χ0n) is 10.7. The van der Waals surface area contributed by atoms with Crippen LogP contribution < -0.4 is 5.32 Å². The highest BCUT2D eigenvalue weighted by Crippen LogP contribution is 2.22. The van der Waals surface area contributed by atoms with Crippen LogP contribution in [0.3, 0.4) is 0 Å². The Hall–Kier alpha value is -1.13. The molecule has 0 unspecified atom stereocenters. The fraction of sp³-hybridized carbons (Fsp3) is 0.308. The number of nitrogens with zero attached hydrogens (tertiary/aromatic N) is 2. The van der Waals surface area contributed by atoms with E-state index in [9.17, 15) is 0 Å². The van der Waals surface area contributed by atoms with Gasteiger partial charge < -0.3 is 5.32 Å². The zero-order valence-corrected chi connectivity index (χ0v) is 12.3. The summed E-state index contributed by atoms with van der Waals surface area (Å²) in [6.45, 7) is 2.59. The van der Waals surface area contributed by atoms with Gasteiger partial charge in [0, 0.05) is 17.6 Å². The van der Waals surface area contributed by atoms with Crippen molar-refractivity contribution in [2.45, 2.75) is 18.4 Å². The van der Waals surface area contributed by atoms with E-state index in [1.807, 2.05) is 24.7 Å². The van der Waals surface area contributed by atoms with Crippen LogP contribution in [0.4, 0.5) is 5.69 Å². The second-order valence-corrected chi connectivity index (χ2v) is 5.31. The lowest BCUT2D eigenvalue weighted by Gasteiger charge is -2.08. The second-order valence-electron chi connectivity index (χ2n) is 4.06. The van der Waals surface area contributed by atoms with E-state index in [1.54, 1.807) is 11.8 Å². The summed E-state index contributed by atoms with van der Waals surface area (Å²) in [7, 11) is 1.91.